The molecule has 2 saturated carbocycles. The second-order valence-corrected chi connectivity index (χ2v) is 12.8. The molecule has 0 unspecified atom stereocenters. The third-order valence-electron chi connectivity index (χ3n) is 10.3. The molecule has 1 aromatic heterocycles. The molecule has 2 aromatic rings. The van der Waals surface area contributed by atoms with E-state index in [4.69, 9.17) is 4.98 Å². The summed E-state index contributed by atoms with van der Waals surface area (Å²) in [6, 6.07) is 6.58. The van der Waals surface area contributed by atoms with Crippen molar-refractivity contribution in [2.24, 2.45) is 10.4 Å². The highest BCUT2D eigenvalue weighted by Gasteiger charge is 2.54. The molecule has 1 atom stereocenters. The molecule has 7 rings (SSSR count). The van der Waals surface area contributed by atoms with Crippen LogP contribution in [-0.4, -0.2) is 45.5 Å². The first-order chi connectivity index (χ1) is 19.4. The molecule has 5 aliphatic rings. The lowest BCUT2D eigenvalue weighted by Crippen LogP contribution is -2.72. The quantitative estimate of drug-likeness (QED) is 0.544. The maximum absolute atomic E-state index is 14.2. The summed E-state index contributed by atoms with van der Waals surface area (Å²) in [4.78, 5) is 38.7. The molecule has 7 heteroatoms. The van der Waals surface area contributed by atoms with E-state index >= 15 is 0 Å². The molecule has 3 heterocycles. The zero-order valence-corrected chi connectivity index (χ0v) is 23.3. The number of benzene rings is 1. The Morgan fingerprint density at radius 3 is 2.45 bits per heavy atom. The van der Waals surface area contributed by atoms with Gasteiger partial charge in [0.1, 0.15) is 5.82 Å². The van der Waals surface area contributed by atoms with Gasteiger partial charge in [-0.2, -0.15) is 0 Å². The number of amides is 2. The monoisotopic (exact) mass is 537 g/mol. The Morgan fingerprint density at radius 2 is 1.70 bits per heavy atom. The van der Waals surface area contributed by atoms with Crippen LogP contribution in [0.15, 0.2) is 53.9 Å². The number of pyridine rings is 1. The van der Waals surface area contributed by atoms with Crippen molar-refractivity contribution in [2.45, 2.75) is 94.7 Å². The number of hydrogen-bond acceptors (Lipinski definition) is 5. The molecule has 2 aliphatic heterocycles. The molecule has 2 N–H and O–H groups in total. The standard InChI is InChI=1S/C33H39N5O2/c1-2-13-34-28-19-31(29(39)37-28)17-25-15-24-14-23(20-35-27(24)16-26(25)18-31)21-38-30(40)33(11-7-8-12-33)36-22-32(38)9-5-3-4-6-10-32/h2,13-16,19-20,36H,1,3-12,17-18,21-22H2,(H,37,39)/b34-13-/t31-/m0/s1. The van der Waals surface area contributed by atoms with Crippen LogP contribution >= 0.6 is 0 Å². The lowest BCUT2D eigenvalue weighted by atomic mass is 9.80. The number of aromatic nitrogens is 1. The lowest BCUT2D eigenvalue weighted by molar-refractivity contribution is -0.153. The van der Waals surface area contributed by atoms with E-state index in [-0.39, 0.29) is 17.0 Å². The number of nitrogens with one attached hydrogen (secondary N) is 2. The molecule has 3 spiro atoms. The Bertz CT molecular complexity index is 1440. The zero-order valence-electron chi connectivity index (χ0n) is 23.3. The Kier molecular flexibility index (Phi) is 6.19. The van der Waals surface area contributed by atoms with E-state index in [1.807, 2.05) is 12.3 Å². The molecule has 1 saturated heterocycles. The van der Waals surface area contributed by atoms with Crippen LogP contribution in [0.2, 0.25) is 0 Å². The number of piperazine rings is 1. The van der Waals surface area contributed by atoms with Crippen LogP contribution in [0.3, 0.4) is 0 Å². The molecular formula is C33H39N5O2. The summed E-state index contributed by atoms with van der Waals surface area (Å²) in [6.07, 6.45) is 19.6. The minimum Gasteiger partial charge on any atom is -0.330 e. The van der Waals surface area contributed by atoms with Gasteiger partial charge < -0.3 is 15.5 Å². The van der Waals surface area contributed by atoms with Crippen LogP contribution < -0.4 is 10.6 Å². The summed E-state index contributed by atoms with van der Waals surface area (Å²) in [5.41, 5.74) is 3.32. The first-order valence-electron chi connectivity index (χ1n) is 15.1. The number of fused-ring (bicyclic) bond motifs is 2. The van der Waals surface area contributed by atoms with Gasteiger partial charge in [0.25, 0.3) is 0 Å². The molecule has 40 heavy (non-hydrogen) atoms. The van der Waals surface area contributed by atoms with E-state index in [2.05, 4.69) is 45.3 Å². The van der Waals surface area contributed by atoms with Crippen LogP contribution in [0.25, 0.3) is 10.9 Å². The number of rotatable bonds is 4. The number of allylic oxidation sites excluding steroid dienone is 1. The van der Waals surface area contributed by atoms with Crippen LogP contribution in [-0.2, 0) is 29.0 Å². The highest BCUT2D eigenvalue weighted by Crippen LogP contribution is 2.44. The van der Waals surface area contributed by atoms with E-state index in [9.17, 15) is 9.59 Å². The first-order valence-corrected chi connectivity index (χ1v) is 15.1. The molecular weight excluding hydrogens is 498 g/mol. The van der Waals surface area contributed by atoms with Crippen LogP contribution in [0.4, 0.5) is 0 Å². The summed E-state index contributed by atoms with van der Waals surface area (Å²) >= 11 is 0. The number of aliphatic imine (C=N–C) groups is 1. The van der Waals surface area contributed by atoms with Gasteiger partial charge in [0.05, 0.1) is 22.0 Å². The summed E-state index contributed by atoms with van der Waals surface area (Å²) in [7, 11) is 0. The minimum absolute atomic E-state index is 0.00405. The molecule has 2 amide bonds. The Hall–Kier alpha value is -3.32. The predicted octanol–water partition coefficient (Wildman–Crippen LogP) is 4.89. The van der Waals surface area contributed by atoms with Gasteiger partial charge in [0.15, 0.2) is 0 Å². The fourth-order valence-electron chi connectivity index (χ4n) is 8.14. The largest absolute Gasteiger partial charge is 0.330 e. The maximum Gasteiger partial charge on any atom is 0.243 e. The average Bonchev–Trinajstić information content (AvgIpc) is 3.59. The van der Waals surface area contributed by atoms with Crippen molar-refractivity contribution in [2.75, 3.05) is 6.54 Å². The van der Waals surface area contributed by atoms with E-state index in [1.165, 1.54) is 36.8 Å². The summed E-state index contributed by atoms with van der Waals surface area (Å²) in [6.45, 7) is 5.19. The van der Waals surface area contributed by atoms with Gasteiger partial charge in [-0.05, 0) is 79.5 Å². The van der Waals surface area contributed by atoms with Gasteiger partial charge in [-0.3, -0.25) is 14.6 Å². The van der Waals surface area contributed by atoms with Gasteiger partial charge in [-0.1, -0.05) is 51.2 Å². The highest BCUT2D eigenvalue weighted by atomic mass is 16.2. The first kappa shape index (κ1) is 25.6. The molecule has 3 fully saturated rings. The van der Waals surface area contributed by atoms with Crippen LogP contribution in [0, 0.1) is 5.41 Å². The van der Waals surface area contributed by atoms with Crippen LogP contribution in [0.5, 0.6) is 0 Å². The number of nitrogens with zero attached hydrogens (tertiary/aromatic N) is 3. The van der Waals surface area contributed by atoms with Crippen molar-refractivity contribution in [1.29, 1.82) is 0 Å². The van der Waals surface area contributed by atoms with Crippen LogP contribution in [0.1, 0.15) is 80.9 Å². The number of carbonyl (C=O) groups excluding carboxylic acids is 2. The summed E-state index contributed by atoms with van der Waals surface area (Å²) in [5, 5.41) is 7.80. The van der Waals surface area contributed by atoms with Gasteiger partial charge in [-0.15, -0.1) is 0 Å². The molecule has 3 aliphatic carbocycles. The fraction of sp³-hybridized carbons (Fsp3) is 0.515. The normalized spacial score (nSPS) is 27.1. The third kappa shape index (κ3) is 4.12. The number of carbonyl (C=O) groups is 2. The second-order valence-electron chi connectivity index (χ2n) is 12.8. The highest BCUT2D eigenvalue weighted by molar-refractivity contribution is 5.92. The van der Waals surface area contributed by atoms with Gasteiger partial charge in [0.2, 0.25) is 11.8 Å². The summed E-state index contributed by atoms with van der Waals surface area (Å²) in [5.74, 6) is 0.906. The smallest absolute Gasteiger partial charge is 0.243 e. The predicted molar refractivity (Wildman–Crippen MR) is 157 cm³/mol. The molecule has 0 radical (unpaired) electrons. The third-order valence-corrected chi connectivity index (χ3v) is 10.3. The van der Waals surface area contributed by atoms with Crippen molar-refractivity contribution < 1.29 is 9.59 Å². The van der Waals surface area contributed by atoms with Crippen molar-refractivity contribution in [3.63, 3.8) is 0 Å². The minimum atomic E-state index is -0.592. The Balaban J connectivity index is 1.19. The average molecular weight is 538 g/mol. The van der Waals surface area contributed by atoms with Crippen molar-refractivity contribution in [3.8, 4) is 0 Å². The second kappa shape index (κ2) is 9.65. The van der Waals surface area contributed by atoms with Crippen molar-refractivity contribution >= 4 is 28.9 Å². The van der Waals surface area contributed by atoms with E-state index in [0.29, 0.717) is 31.1 Å². The van der Waals surface area contributed by atoms with E-state index < -0.39 is 5.41 Å². The maximum atomic E-state index is 14.2. The fourth-order valence-corrected chi connectivity index (χ4v) is 8.14. The molecule has 0 bridgehead atoms. The molecule has 7 nitrogen and oxygen atoms in total. The van der Waals surface area contributed by atoms with Gasteiger partial charge in [0, 0.05) is 30.9 Å². The SMILES string of the molecule is C=C/C=N\C1=C[C@@]2(Cc3cc4cc(CN5C(=O)C6(CCCC6)NCC56CCCCCC6)cnc4cc3C2)C(=O)N1. The van der Waals surface area contributed by atoms with Gasteiger partial charge >= 0.3 is 0 Å². The van der Waals surface area contributed by atoms with Crippen molar-refractivity contribution in [1.82, 2.24) is 20.5 Å². The molecule has 1 aromatic carbocycles. The molecule has 208 valence electrons. The summed E-state index contributed by atoms with van der Waals surface area (Å²) < 4.78 is 0. The van der Waals surface area contributed by atoms with E-state index in [1.54, 1.807) is 12.3 Å². The Labute approximate surface area is 236 Å². The topological polar surface area (TPSA) is 86.7 Å². The zero-order chi connectivity index (χ0) is 27.4. The number of hydrogen-bond donors (Lipinski definition) is 2. The van der Waals surface area contributed by atoms with Crippen molar-refractivity contribution in [3.05, 3.63) is 65.6 Å². The van der Waals surface area contributed by atoms with E-state index in [0.717, 1.165) is 61.5 Å². The Morgan fingerprint density at radius 1 is 0.975 bits per heavy atom. The lowest BCUT2D eigenvalue weighted by Gasteiger charge is -2.53. The van der Waals surface area contributed by atoms with Gasteiger partial charge in [-0.25, -0.2) is 4.99 Å².